The Morgan fingerprint density at radius 3 is 2.17 bits per heavy atom. The number of nitrogens with one attached hydrogen (secondary N) is 1. The third-order valence-electron chi connectivity index (χ3n) is 3.30. The zero-order valence-electron chi connectivity index (χ0n) is 11.5. The molecule has 0 atom stereocenters. The van der Waals surface area contributed by atoms with Crippen molar-refractivity contribution >= 4 is 17.1 Å². The van der Waals surface area contributed by atoms with Crippen molar-refractivity contribution in [1.29, 1.82) is 0 Å². The molecule has 2 aromatic carbocycles. The van der Waals surface area contributed by atoms with E-state index in [1.807, 2.05) is 7.05 Å². The predicted molar refractivity (Wildman–Crippen MR) is 80.0 cm³/mol. The molecule has 0 radical (unpaired) electrons. The zero-order valence-corrected chi connectivity index (χ0v) is 11.5. The highest BCUT2D eigenvalue weighted by molar-refractivity contribution is 5.71. The molecule has 0 aliphatic rings. The molecule has 1 N–H and O–H groups in total. The summed E-state index contributed by atoms with van der Waals surface area (Å²) in [5.74, 6) is 0. The van der Waals surface area contributed by atoms with Gasteiger partial charge in [0.15, 0.2) is 0 Å². The maximum atomic E-state index is 3.18. The number of hydrogen-bond acceptors (Lipinski definition) is 2. The highest BCUT2D eigenvalue weighted by Gasteiger charge is 2.09. The molecular weight excluding hydrogens is 220 g/mol. The summed E-state index contributed by atoms with van der Waals surface area (Å²) in [6.45, 7) is 4.31. The van der Waals surface area contributed by atoms with Crippen molar-refractivity contribution in [3.63, 3.8) is 0 Å². The van der Waals surface area contributed by atoms with E-state index in [0.717, 1.165) is 5.69 Å². The van der Waals surface area contributed by atoms with Crippen LogP contribution in [0, 0.1) is 13.8 Å². The van der Waals surface area contributed by atoms with Crippen molar-refractivity contribution in [1.82, 2.24) is 0 Å². The van der Waals surface area contributed by atoms with Crippen molar-refractivity contribution in [3.05, 3.63) is 53.6 Å². The summed E-state index contributed by atoms with van der Waals surface area (Å²) in [5.41, 5.74) is 6.20. The molecule has 0 aromatic heterocycles. The first-order valence-electron chi connectivity index (χ1n) is 6.21. The first-order chi connectivity index (χ1) is 8.63. The van der Waals surface area contributed by atoms with Gasteiger partial charge in [-0.1, -0.05) is 24.3 Å². The average molecular weight is 240 g/mol. The molecule has 2 aromatic rings. The quantitative estimate of drug-likeness (QED) is 0.868. The molecule has 0 heterocycles. The first-order valence-corrected chi connectivity index (χ1v) is 6.21. The number of aryl methyl sites for hydroxylation is 2. The van der Waals surface area contributed by atoms with Gasteiger partial charge in [0.25, 0.3) is 0 Å². The van der Waals surface area contributed by atoms with Gasteiger partial charge in [-0.3, -0.25) is 0 Å². The third-order valence-corrected chi connectivity index (χ3v) is 3.30. The molecule has 0 unspecified atom stereocenters. The van der Waals surface area contributed by atoms with Gasteiger partial charge in [-0.15, -0.1) is 0 Å². The van der Waals surface area contributed by atoms with Crippen molar-refractivity contribution < 1.29 is 0 Å². The lowest BCUT2D eigenvalue weighted by Gasteiger charge is -2.24. The Hall–Kier alpha value is -1.96. The molecule has 0 saturated carbocycles. The van der Waals surface area contributed by atoms with Gasteiger partial charge in [0.05, 0.1) is 0 Å². The van der Waals surface area contributed by atoms with Crippen LogP contribution in [-0.4, -0.2) is 14.1 Å². The highest BCUT2D eigenvalue weighted by Crippen LogP contribution is 2.30. The molecule has 2 rings (SSSR count). The van der Waals surface area contributed by atoms with Crippen LogP contribution in [0.3, 0.4) is 0 Å². The number of anilines is 3. The van der Waals surface area contributed by atoms with Gasteiger partial charge in [0.2, 0.25) is 0 Å². The van der Waals surface area contributed by atoms with Crippen LogP contribution >= 0.6 is 0 Å². The molecule has 0 aliphatic carbocycles. The van der Waals surface area contributed by atoms with E-state index in [0.29, 0.717) is 0 Å². The van der Waals surface area contributed by atoms with E-state index in [1.165, 1.54) is 22.5 Å². The smallest absolute Gasteiger partial charge is 0.0467 e. The van der Waals surface area contributed by atoms with Gasteiger partial charge in [-0.05, 0) is 43.2 Å². The van der Waals surface area contributed by atoms with Crippen LogP contribution in [0.1, 0.15) is 11.1 Å². The van der Waals surface area contributed by atoms with Crippen molar-refractivity contribution in [2.45, 2.75) is 13.8 Å². The summed E-state index contributed by atoms with van der Waals surface area (Å²) in [5, 5.41) is 3.18. The molecule has 18 heavy (non-hydrogen) atoms. The number of nitrogens with zero attached hydrogens (tertiary/aromatic N) is 1. The van der Waals surface area contributed by atoms with Gasteiger partial charge in [-0.2, -0.15) is 0 Å². The van der Waals surface area contributed by atoms with Crippen LogP contribution in [0.15, 0.2) is 42.5 Å². The first kappa shape index (κ1) is 12.5. The van der Waals surface area contributed by atoms with Crippen LogP contribution in [0.5, 0.6) is 0 Å². The fourth-order valence-electron chi connectivity index (χ4n) is 2.33. The summed E-state index contributed by atoms with van der Waals surface area (Å²) in [7, 11) is 4.06. The maximum absolute atomic E-state index is 3.18. The van der Waals surface area contributed by atoms with Gasteiger partial charge < -0.3 is 10.2 Å². The van der Waals surface area contributed by atoms with Crippen molar-refractivity contribution in [2.75, 3.05) is 24.3 Å². The van der Waals surface area contributed by atoms with E-state index in [9.17, 15) is 0 Å². The lowest BCUT2D eigenvalue weighted by molar-refractivity contribution is 1.16. The van der Waals surface area contributed by atoms with Gasteiger partial charge in [0.1, 0.15) is 0 Å². The molecule has 2 heteroatoms. The molecule has 0 fully saturated rings. The fraction of sp³-hybridized carbons (Fsp3) is 0.250. The van der Waals surface area contributed by atoms with E-state index in [1.54, 1.807) is 0 Å². The minimum absolute atomic E-state index is 1.13. The largest absolute Gasteiger partial charge is 0.388 e. The number of para-hydroxylation sites is 1. The second-order valence-corrected chi connectivity index (χ2v) is 4.60. The van der Waals surface area contributed by atoms with Crippen LogP contribution in [-0.2, 0) is 0 Å². The molecule has 0 spiro atoms. The van der Waals surface area contributed by atoms with E-state index in [-0.39, 0.29) is 0 Å². The van der Waals surface area contributed by atoms with Gasteiger partial charge in [-0.25, -0.2) is 0 Å². The molecule has 0 aliphatic heterocycles. The maximum Gasteiger partial charge on any atom is 0.0467 e. The Morgan fingerprint density at radius 1 is 0.944 bits per heavy atom. The summed E-state index contributed by atoms with van der Waals surface area (Å²) < 4.78 is 0. The van der Waals surface area contributed by atoms with E-state index >= 15 is 0 Å². The summed E-state index contributed by atoms with van der Waals surface area (Å²) >= 11 is 0. The Labute approximate surface area is 109 Å². The fourth-order valence-corrected chi connectivity index (χ4v) is 2.33. The standard InChI is InChI=1S/C16H20N2/c1-12-7-5-8-13(2)16(12)18(4)15-10-6-9-14(11-15)17-3/h5-11,17H,1-4H3. The lowest BCUT2D eigenvalue weighted by Crippen LogP contribution is -2.12. The highest BCUT2D eigenvalue weighted by atomic mass is 15.1. The Morgan fingerprint density at radius 2 is 1.56 bits per heavy atom. The summed E-state index contributed by atoms with van der Waals surface area (Å²) in [6.07, 6.45) is 0. The Balaban J connectivity index is 2.44. The van der Waals surface area contributed by atoms with Crippen LogP contribution in [0.2, 0.25) is 0 Å². The van der Waals surface area contributed by atoms with Crippen molar-refractivity contribution in [2.24, 2.45) is 0 Å². The summed E-state index contributed by atoms with van der Waals surface area (Å²) in [4.78, 5) is 2.24. The molecule has 0 amide bonds. The van der Waals surface area contributed by atoms with Crippen molar-refractivity contribution in [3.8, 4) is 0 Å². The normalized spacial score (nSPS) is 10.2. The lowest BCUT2D eigenvalue weighted by atomic mass is 10.1. The van der Waals surface area contributed by atoms with E-state index in [4.69, 9.17) is 0 Å². The van der Waals surface area contributed by atoms with Crippen LogP contribution in [0.4, 0.5) is 17.1 Å². The molecule has 2 nitrogen and oxygen atoms in total. The molecule has 0 bridgehead atoms. The van der Waals surface area contributed by atoms with Crippen LogP contribution < -0.4 is 10.2 Å². The second-order valence-electron chi connectivity index (χ2n) is 4.60. The Bertz CT molecular complexity index is 526. The summed E-state index contributed by atoms with van der Waals surface area (Å²) in [6, 6.07) is 14.8. The minimum Gasteiger partial charge on any atom is -0.388 e. The SMILES string of the molecule is CNc1cccc(N(C)c2c(C)cccc2C)c1. The monoisotopic (exact) mass is 240 g/mol. The Kier molecular flexibility index (Phi) is 3.56. The molecule has 0 saturated heterocycles. The van der Waals surface area contributed by atoms with E-state index < -0.39 is 0 Å². The van der Waals surface area contributed by atoms with Crippen LogP contribution in [0.25, 0.3) is 0 Å². The predicted octanol–water partition coefficient (Wildman–Crippen LogP) is 4.11. The molecule has 94 valence electrons. The van der Waals surface area contributed by atoms with E-state index in [2.05, 4.69) is 73.6 Å². The average Bonchev–Trinajstić information content (AvgIpc) is 2.38. The second kappa shape index (κ2) is 5.13. The topological polar surface area (TPSA) is 15.3 Å². The minimum atomic E-state index is 1.13. The van der Waals surface area contributed by atoms with Gasteiger partial charge in [0, 0.05) is 31.2 Å². The third kappa shape index (κ3) is 2.33. The number of benzene rings is 2. The zero-order chi connectivity index (χ0) is 13.1. The molecular formula is C16H20N2. The number of rotatable bonds is 3. The van der Waals surface area contributed by atoms with Gasteiger partial charge >= 0.3 is 0 Å². The number of hydrogen-bond donors (Lipinski definition) is 1.